The fourth-order valence-corrected chi connectivity index (χ4v) is 1.31. The van der Waals surface area contributed by atoms with Crippen molar-refractivity contribution in [3.8, 4) is 0 Å². The maximum atomic E-state index is 9.35. The molecule has 0 radical (unpaired) electrons. The fourth-order valence-electron chi connectivity index (χ4n) is 1.31. The molecule has 5 heteroatoms. The van der Waals surface area contributed by atoms with Gasteiger partial charge in [0.1, 0.15) is 18.3 Å². The molecule has 0 bridgehead atoms. The summed E-state index contributed by atoms with van der Waals surface area (Å²) in [6.45, 7) is 0.0690. The highest BCUT2D eigenvalue weighted by Gasteiger charge is 2.39. The molecule has 0 aromatic rings. The van der Waals surface area contributed by atoms with Crippen LogP contribution in [-0.4, -0.2) is 55.6 Å². The zero-order chi connectivity index (χ0) is 9.14. The van der Waals surface area contributed by atoms with Crippen LogP contribution in [0.5, 0.6) is 0 Å². The van der Waals surface area contributed by atoms with Gasteiger partial charge in [-0.3, -0.25) is 0 Å². The number of rotatable bonds is 2. The average molecular weight is 178 g/mol. The van der Waals surface area contributed by atoms with Gasteiger partial charge in [0.15, 0.2) is 6.29 Å². The molecule has 1 rings (SSSR count). The Hall–Kier alpha value is -0.200. The van der Waals surface area contributed by atoms with Crippen LogP contribution in [-0.2, 0) is 14.2 Å². The molecule has 0 aromatic heterocycles. The molecule has 0 aliphatic carbocycles. The minimum Gasteiger partial charge on any atom is -0.388 e. The molecular weight excluding hydrogens is 164 g/mol. The number of hydrogen-bond donors (Lipinski definition) is 2. The van der Waals surface area contributed by atoms with Gasteiger partial charge in [-0.15, -0.1) is 0 Å². The molecule has 0 unspecified atom stereocenters. The van der Waals surface area contributed by atoms with E-state index in [2.05, 4.69) is 0 Å². The monoisotopic (exact) mass is 178 g/mol. The lowest BCUT2D eigenvalue weighted by atomic mass is 10.1. The Kier molecular flexibility index (Phi) is 3.42. The molecule has 1 aliphatic heterocycles. The summed E-state index contributed by atoms with van der Waals surface area (Å²) in [6.07, 6.45) is -2.93. The van der Waals surface area contributed by atoms with Gasteiger partial charge in [-0.05, 0) is 0 Å². The van der Waals surface area contributed by atoms with Crippen molar-refractivity contribution in [2.75, 3.05) is 20.8 Å². The van der Waals surface area contributed by atoms with Crippen molar-refractivity contribution in [1.29, 1.82) is 0 Å². The summed E-state index contributed by atoms with van der Waals surface area (Å²) in [7, 11) is 2.89. The molecule has 1 aliphatic rings. The SMILES string of the molecule is CO[C@H]1[C@H](OC)[C@H](O)OC[C@H]1O. The average Bonchev–Trinajstić information content (AvgIpc) is 2.08. The first-order valence-corrected chi connectivity index (χ1v) is 3.74. The fraction of sp³-hybridized carbons (Fsp3) is 1.00. The van der Waals surface area contributed by atoms with E-state index in [1.54, 1.807) is 0 Å². The van der Waals surface area contributed by atoms with Crippen LogP contribution in [0, 0.1) is 0 Å². The van der Waals surface area contributed by atoms with Crippen LogP contribution < -0.4 is 0 Å². The predicted molar refractivity (Wildman–Crippen MR) is 39.6 cm³/mol. The van der Waals surface area contributed by atoms with Crippen molar-refractivity contribution in [2.24, 2.45) is 0 Å². The third-order valence-corrected chi connectivity index (χ3v) is 1.97. The summed E-state index contributed by atoms with van der Waals surface area (Å²) in [4.78, 5) is 0. The molecule has 0 aromatic carbocycles. The van der Waals surface area contributed by atoms with E-state index in [4.69, 9.17) is 14.2 Å². The second kappa shape index (κ2) is 4.15. The van der Waals surface area contributed by atoms with E-state index in [0.29, 0.717) is 0 Å². The number of ether oxygens (including phenoxy) is 3. The van der Waals surface area contributed by atoms with Crippen LogP contribution in [0.15, 0.2) is 0 Å². The smallest absolute Gasteiger partial charge is 0.183 e. The maximum absolute atomic E-state index is 9.35. The zero-order valence-electron chi connectivity index (χ0n) is 7.14. The van der Waals surface area contributed by atoms with Crippen LogP contribution in [0.3, 0.4) is 0 Å². The highest BCUT2D eigenvalue weighted by atomic mass is 16.7. The summed E-state index contributed by atoms with van der Waals surface area (Å²) in [5.41, 5.74) is 0. The van der Waals surface area contributed by atoms with E-state index >= 15 is 0 Å². The van der Waals surface area contributed by atoms with Gasteiger partial charge in [0, 0.05) is 14.2 Å². The third-order valence-electron chi connectivity index (χ3n) is 1.97. The molecule has 12 heavy (non-hydrogen) atoms. The Balaban J connectivity index is 2.61. The Morgan fingerprint density at radius 2 is 1.75 bits per heavy atom. The van der Waals surface area contributed by atoms with Gasteiger partial charge >= 0.3 is 0 Å². The molecule has 0 saturated carbocycles. The molecule has 2 N–H and O–H groups in total. The molecule has 5 nitrogen and oxygen atoms in total. The van der Waals surface area contributed by atoms with E-state index in [1.165, 1.54) is 14.2 Å². The molecule has 4 atom stereocenters. The standard InChI is InChI=1S/C7H14O5/c1-10-5-4(8)3-12-7(9)6(5)11-2/h4-9H,3H2,1-2H3/t4-,5-,6+,7-/m1/s1. The predicted octanol–water partition coefficient (Wildman–Crippen LogP) is -1.27. The molecule has 1 heterocycles. The van der Waals surface area contributed by atoms with Gasteiger partial charge in [-0.2, -0.15) is 0 Å². The topological polar surface area (TPSA) is 68.2 Å². The van der Waals surface area contributed by atoms with Crippen LogP contribution >= 0.6 is 0 Å². The lowest BCUT2D eigenvalue weighted by molar-refractivity contribution is -0.264. The Labute approximate surface area is 70.9 Å². The highest BCUT2D eigenvalue weighted by molar-refractivity contribution is 4.84. The van der Waals surface area contributed by atoms with Crippen LogP contribution in [0.1, 0.15) is 0 Å². The second-order valence-electron chi connectivity index (χ2n) is 2.69. The summed E-state index contributed by atoms with van der Waals surface area (Å²) < 4.78 is 14.7. The number of hydrogen-bond acceptors (Lipinski definition) is 5. The van der Waals surface area contributed by atoms with Crippen molar-refractivity contribution >= 4 is 0 Å². The lowest BCUT2D eigenvalue weighted by Crippen LogP contribution is -2.54. The maximum Gasteiger partial charge on any atom is 0.183 e. The van der Waals surface area contributed by atoms with Crippen molar-refractivity contribution in [3.05, 3.63) is 0 Å². The zero-order valence-corrected chi connectivity index (χ0v) is 7.14. The minimum absolute atomic E-state index is 0.0690. The van der Waals surface area contributed by atoms with Crippen molar-refractivity contribution in [2.45, 2.75) is 24.6 Å². The summed E-state index contributed by atoms with van der Waals surface area (Å²) in [5, 5.41) is 18.6. The number of methoxy groups -OCH3 is 2. The van der Waals surface area contributed by atoms with Gasteiger partial charge in [-0.25, -0.2) is 0 Å². The molecule has 0 amide bonds. The molecule has 1 saturated heterocycles. The Bertz CT molecular complexity index is 124. The summed E-state index contributed by atoms with van der Waals surface area (Å²) >= 11 is 0. The normalized spacial score (nSPS) is 43.0. The first-order valence-electron chi connectivity index (χ1n) is 3.74. The largest absolute Gasteiger partial charge is 0.388 e. The van der Waals surface area contributed by atoms with Crippen molar-refractivity contribution in [3.63, 3.8) is 0 Å². The van der Waals surface area contributed by atoms with Gasteiger partial charge in [0.05, 0.1) is 6.61 Å². The van der Waals surface area contributed by atoms with E-state index in [1.807, 2.05) is 0 Å². The molecular formula is C7H14O5. The molecule has 0 spiro atoms. The Morgan fingerprint density at radius 1 is 1.17 bits per heavy atom. The first kappa shape index (κ1) is 9.88. The van der Waals surface area contributed by atoms with Crippen LogP contribution in [0.4, 0.5) is 0 Å². The highest BCUT2D eigenvalue weighted by Crippen LogP contribution is 2.18. The van der Waals surface area contributed by atoms with E-state index < -0.39 is 24.6 Å². The first-order chi connectivity index (χ1) is 5.70. The van der Waals surface area contributed by atoms with Gasteiger partial charge in [0.2, 0.25) is 0 Å². The Morgan fingerprint density at radius 3 is 2.17 bits per heavy atom. The van der Waals surface area contributed by atoms with E-state index in [-0.39, 0.29) is 6.61 Å². The summed E-state index contributed by atoms with van der Waals surface area (Å²) in [6, 6.07) is 0. The second-order valence-corrected chi connectivity index (χ2v) is 2.69. The molecule has 1 fully saturated rings. The third kappa shape index (κ3) is 1.75. The van der Waals surface area contributed by atoms with Crippen molar-refractivity contribution < 1.29 is 24.4 Å². The van der Waals surface area contributed by atoms with Gasteiger partial charge < -0.3 is 24.4 Å². The van der Waals surface area contributed by atoms with Crippen LogP contribution in [0.25, 0.3) is 0 Å². The number of aliphatic hydroxyl groups is 2. The summed E-state index contributed by atoms with van der Waals surface area (Å²) in [5.74, 6) is 0. The van der Waals surface area contributed by atoms with Gasteiger partial charge in [0.25, 0.3) is 0 Å². The van der Waals surface area contributed by atoms with Gasteiger partial charge in [-0.1, -0.05) is 0 Å². The quantitative estimate of drug-likeness (QED) is 0.551. The van der Waals surface area contributed by atoms with E-state index in [0.717, 1.165) is 0 Å². The van der Waals surface area contributed by atoms with E-state index in [9.17, 15) is 10.2 Å². The number of aliphatic hydroxyl groups excluding tert-OH is 2. The molecule has 72 valence electrons. The van der Waals surface area contributed by atoms with Crippen LogP contribution in [0.2, 0.25) is 0 Å². The lowest BCUT2D eigenvalue weighted by Gasteiger charge is -2.36. The van der Waals surface area contributed by atoms with Crippen molar-refractivity contribution in [1.82, 2.24) is 0 Å². The minimum atomic E-state index is -1.02.